The lowest BCUT2D eigenvalue weighted by Crippen LogP contribution is -2.38. The minimum Gasteiger partial charge on any atom is -0.341 e. The molecule has 6 nitrogen and oxygen atoms in total. The Bertz CT molecular complexity index is 1010. The summed E-state index contributed by atoms with van der Waals surface area (Å²) in [5.74, 6) is -1.61. The van der Waals surface area contributed by atoms with Crippen molar-refractivity contribution in [1.29, 1.82) is 0 Å². The van der Waals surface area contributed by atoms with E-state index in [1.165, 1.54) is 12.3 Å². The van der Waals surface area contributed by atoms with E-state index < -0.39 is 17.6 Å². The number of nitrogens with one attached hydrogen (secondary N) is 2. The molecule has 1 fully saturated rings. The number of pyridine rings is 2. The van der Waals surface area contributed by atoms with Gasteiger partial charge in [-0.3, -0.25) is 19.6 Å². The second-order valence-electron chi connectivity index (χ2n) is 6.56. The number of halogens is 1. The van der Waals surface area contributed by atoms with E-state index in [0.29, 0.717) is 17.0 Å². The van der Waals surface area contributed by atoms with Crippen LogP contribution in [-0.4, -0.2) is 21.8 Å². The van der Waals surface area contributed by atoms with E-state index in [1.807, 2.05) is 12.1 Å². The number of carbonyl (C=O) groups is 2. The molecule has 2 amide bonds. The number of fused-ring (bicyclic) bond motifs is 1. The van der Waals surface area contributed by atoms with E-state index in [2.05, 4.69) is 20.6 Å². The Kier molecular flexibility index (Phi) is 4.50. The van der Waals surface area contributed by atoms with Crippen LogP contribution in [0.25, 0.3) is 10.9 Å². The van der Waals surface area contributed by atoms with E-state index in [9.17, 15) is 14.0 Å². The van der Waals surface area contributed by atoms with Crippen molar-refractivity contribution in [2.45, 2.75) is 18.9 Å². The first-order chi connectivity index (χ1) is 13.1. The normalized spacial score (nSPS) is 14.6. The molecule has 4 rings (SSSR count). The molecule has 0 aliphatic heterocycles. The third kappa shape index (κ3) is 3.76. The lowest BCUT2D eigenvalue weighted by molar-refractivity contribution is -0.136. The Labute approximate surface area is 154 Å². The second-order valence-corrected chi connectivity index (χ2v) is 6.56. The molecule has 2 N–H and O–H groups in total. The van der Waals surface area contributed by atoms with Crippen LogP contribution < -0.4 is 10.6 Å². The van der Waals surface area contributed by atoms with Gasteiger partial charge in [-0.2, -0.15) is 0 Å². The van der Waals surface area contributed by atoms with E-state index >= 15 is 0 Å². The van der Waals surface area contributed by atoms with Gasteiger partial charge in [0.15, 0.2) is 0 Å². The maximum Gasteiger partial charge on any atom is 0.313 e. The quantitative estimate of drug-likeness (QED) is 0.697. The lowest BCUT2D eigenvalue weighted by atomic mass is 10.0. The van der Waals surface area contributed by atoms with Crippen molar-refractivity contribution in [1.82, 2.24) is 15.3 Å². The number of para-hydroxylation sites is 1. The highest BCUT2D eigenvalue weighted by atomic mass is 19.1. The third-order valence-corrected chi connectivity index (χ3v) is 4.57. The van der Waals surface area contributed by atoms with Crippen molar-refractivity contribution in [3.8, 4) is 0 Å². The maximum absolute atomic E-state index is 13.7. The molecule has 1 atom stereocenters. The van der Waals surface area contributed by atoms with Crippen LogP contribution in [0, 0.1) is 11.7 Å². The summed E-state index contributed by atoms with van der Waals surface area (Å²) < 4.78 is 13.7. The van der Waals surface area contributed by atoms with Gasteiger partial charge in [0.2, 0.25) is 0 Å². The number of aromatic nitrogens is 2. The van der Waals surface area contributed by atoms with Crippen molar-refractivity contribution >= 4 is 28.4 Å². The molecule has 0 saturated heterocycles. The zero-order valence-electron chi connectivity index (χ0n) is 14.4. The van der Waals surface area contributed by atoms with Crippen LogP contribution in [0.3, 0.4) is 0 Å². The Morgan fingerprint density at radius 1 is 1.11 bits per heavy atom. The second kappa shape index (κ2) is 7.11. The van der Waals surface area contributed by atoms with Gasteiger partial charge in [-0.1, -0.05) is 12.1 Å². The van der Waals surface area contributed by atoms with Crippen LogP contribution in [-0.2, 0) is 9.59 Å². The molecule has 2 aromatic heterocycles. The first-order valence-corrected chi connectivity index (χ1v) is 8.68. The molecule has 0 radical (unpaired) electrons. The first-order valence-electron chi connectivity index (χ1n) is 8.68. The first kappa shape index (κ1) is 17.1. The molecule has 27 heavy (non-hydrogen) atoms. The summed E-state index contributed by atoms with van der Waals surface area (Å²) in [6.45, 7) is 0. The van der Waals surface area contributed by atoms with Crippen LogP contribution in [0.1, 0.15) is 24.4 Å². The number of nitrogens with zero attached hydrogens (tertiary/aromatic N) is 2. The Hall–Kier alpha value is -3.35. The zero-order valence-corrected chi connectivity index (χ0v) is 14.4. The molecule has 136 valence electrons. The summed E-state index contributed by atoms with van der Waals surface area (Å²) in [6, 6.07) is 9.61. The highest BCUT2D eigenvalue weighted by Gasteiger charge is 2.34. The predicted octanol–water partition coefficient (Wildman–Crippen LogP) is 2.97. The SMILES string of the molecule is O=C(Nc1cnc2c(F)cccc2c1)C(=O)NC(c1ccncc1)C1CC1. The van der Waals surface area contributed by atoms with Crippen molar-refractivity contribution in [3.05, 3.63) is 66.4 Å². The lowest BCUT2D eigenvalue weighted by Gasteiger charge is -2.18. The van der Waals surface area contributed by atoms with Gasteiger partial charge in [-0.15, -0.1) is 0 Å². The molecule has 0 spiro atoms. The van der Waals surface area contributed by atoms with Crippen molar-refractivity contribution in [2.24, 2.45) is 5.92 Å². The number of amides is 2. The van der Waals surface area contributed by atoms with Gasteiger partial charge in [0.05, 0.1) is 17.9 Å². The van der Waals surface area contributed by atoms with E-state index in [4.69, 9.17) is 0 Å². The summed E-state index contributed by atoms with van der Waals surface area (Å²) in [4.78, 5) is 32.6. The van der Waals surface area contributed by atoms with Crippen LogP contribution in [0.15, 0.2) is 55.0 Å². The fourth-order valence-electron chi connectivity index (χ4n) is 3.06. The van der Waals surface area contributed by atoms with Gasteiger partial charge < -0.3 is 10.6 Å². The van der Waals surface area contributed by atoms with Crippen LogP contribution in [0.5, 0.6) is 0 Å². The van der Waals surface area contributed by atoms with Gasteiger partial charge in [0.25, 0.3) is 0 Å². The number of hydrogen-bond donors (Lipinski definition) is 2. The largest absolute Gasteiger partial charge is 0.341 e. The Balaban J connectivity index is 1.47. The maximum atomic E-state index is 13.7. The fourth-order valence-corrected chi connectivity index (χ4v) is 3.06. The number of carbonyl (C=O) groups excluding carboxylic acids is 2. The van der Waals surface area contributed by atoms with Gasteiger partial charge >= 0.3 is 11.8 Å². The van der Waals surface area contributed by atoms with Gasteiger partial charge in [-0.05, 0) is 48.6 Å². The van der Waals surface area contributed by atoms with Crippen LogP contribution in [0.2, 0.25) is 0 Å². The fraction of sp³-hybridized carbons (Fsp3) is 0.200. The van der Waals surface area contributed by atoms with Gasteiger partial charge in [0.1, 0.15) is 11.3 Å². The summed E-state index contributed by atoms with van der Waals surface area (Å²) >= 11 is 0. The molecule has 2 heterocycles. The molecule has 1 aliphatic rings. The van der Waals surface area contributed by atoms with E-state index in [0.717, 1.165) is 18.4 Å². The van der Waals surface area contributed by atoms with E-state index in [1.54, 1.807) is 30.6 Å². The van der Waals surface area contributed by atoms with Gasteiger partial charge in [-0.25, -0.2) is 4.39 Å². The molecular formula is C20H17FN4O2. The monoisotopic (exact) mass is 364 g/mol. The summed E-state index contributed by atoms with van der Waals surface area (Å²) in [5, 5.41) is 5.87. The molecule has 1 saturated carbocycles. The highest BCUT2D eigenvalue weighted by molar-refractivity contribution is 6.39. The average molecular weight is 364 g/mol. The Morgan fingerprint density at radius 2 is 1.89 bits per heavy atom. The smallest absolute Gasteiger partial charge is 0.313 e. The van der Waals surface area contributed by atoms with Crippen molar-refractivity contribution in [3.63, 3.8) is 0 Å². The predicted molar refractivity (Wildman–Crippen MR) is 98.2 cm³/mol. The minimum atomic E-state index is -0.785. The van der Waals surface area contributed by atoms with Crippen LogP contribution in [0.4, 0.5) is 10.1 Å². The number of hydrogen-bond acceptors (Lipinski definition) is 4. The Morgan fingerprint density at radius 3 is 2.63 bits per heavy atom. The number of rotatable bonds is 4. The topological polar surface area (TPSA) is 84.0 Å². The van der Waals surface area contributed by atoms with Gasteiger partial charge in [0, 0.05) is 17.8 Å². The zero-order chi connectivity index (χ0) is 18.8. The standard InChI is InChI=1S/C20H17FN4O2/c21-16-3-1-2-14-10-15(11-23-18(14)16)24-19(26)20(27)25-17(12-4-5-12)13-6-8-22-9-7-13/h1-3,6-12,17H,4-5H2,(H,24,26)(H,25,27). The molecular weight excluding hydrogens is 347 g/mol. The molecule has 1 aliphatic carbocycles. The highest BCUT2D eigenvalue weighted by Crippen LogP contribution is 2.40. The molecule has 0 bridgehead atoms. The molecule has 1 unspecified atom stereocenters. The summed E-state index contributed by atoms with van der Waals surface area (Å²) in [5.41, 5.74) is 1.48. The minimum absolute atomic E-state index is 0.213. The molecule has 1 aromatic carbocycles. The van der Waals surface area contributed by atoms with Crippen molar-refractivity contribution in [2.75, 3.05) is 5.32 Å². The van der Waals surface area contributed by atoms with Crippen LogP contribution >= 0.6 is 0 Å². The van der Waals surface area contributed by atoms with Crippen molar-refractivity contribution < 1.29 is 14.0 Å². The number of anilines is 1. The number of benzene rings is 1. The average Bonchev–Trinajstić information content (AvgIpc) is 3.52. The van der Waals surface area contributed by atoms with E-state index in [-0.39, 0.29) is 11.6 Å². The third-order valence-electron chi connectivity index (χ3n) is 4.57. The summed E-state index contributed by atoms with van der Waals surface area (Å²) in [6.07, 6.45) is 6.68. The molecule has 3 aromatic rings. The summed E-state index contributed by atoms with van der Waals surface area (Å²) in [7, 11) is 0. The molecule has 7 heteroatoms.